The van der Waals surface area contributed by atoms with E-state index in [1.165, 1.54) is 64.2 Å². The predicted octanol–water partition coefficient (Wildman–Crippen LogP) is 7.47. The topological polar surface area (TPSA) is 20.2 Å². The maximum atomic E-state index is 10.5. The van der Waals surface area contributed by atoms with Crippen LogP contribution in [0.2, 0.25) is 0 Å². The third kappa shape index (κ3) is 3.50. The molecule has 4 aliphatic carbocycles. The number of rotatable bonds is 5. The molecule has 0 radical (unpaired) electrons. The summed E-state index contributed by atoms with van der Waals surface area (Å²) < 4.78 is 0. The van der Waals surface area contributed by atoms with Crippen LogP contribution < -0.4 is 0 Å². The highest BCUT2D eigenvalue weighted by molar-refractivity contribution is 5.09. The molecule has 162 valence electrons. The summed E-state index contributed by atoms with van der Waals surface area (Å²) in [6.45, 7) is 12.6. The molecule has 9 unspecified atom stereocenters. The molecule has 4 rings (SSSR count). The lowest BCUT2D eigenvalue weighted by molar-refractivity contribution is -0.132. The highest BCUT2D eigenvalue weighted by Gasteiger charge is 2.60. The highest BCUT2D eigenvalue weighted by atomic mass is 16.3. The summed E-state index contributed by atoms with van der Waals surface area (Å²) in [6.07, 6.45) is 16.6. The van der Waals surface area contributed by atoms with Gasteiger partial charge in [-0.05, 0) is 110 Å². The van der Waals surface area contributed by atoms with Gasteiger partial charge in [-0.25, -0.2) is 0 Å². The number of aliphatic hydroxyl groups is 1. The van der Waals surface area contributed by atoms with E-state index >= 15 is 0 Å². The lowest BCUT2D eigenvalue weighted by atomic mass is 9.44. The van der Waals surface area contributed by atoms with E-state index in [1.807, 2.05) is 0 Å². The van der Waals surface area contributed by atoms with Gasteiger partial charge < -0.3 is 5.11 Å². The van der Waals surface area contributed by atoms with E-state index in [0.717, 1.165) is 54.3 Å². The van der Waals surface area contributed by atoms with Gasteiger partial charge in [0.2, 0.25) is 0 Å². The molecule has 0 aromatic heterocycles. The Bertz CT molecular complexity index is 540. The molecule has 0 bridgehead atoms. The van der Waals surface area contributed by atoms with Crippen molar-refractivity contribution in [2.45, 2.75) is 118 Å². The summed E-state index contributed by atoms with van der Waals surface area (Å²) in [6, 6.07) is 0. The smallest absolute Gasteiger partial charge is 0.0545 e. The Morgan fingerprint density at radius 1 is 0.821 bits per heavy atom. The normalized spacial score (nSPS) is 49.4. The maximum absolute atomic E-state index is 10.5. The summed E-state index contributed by atoms with van der Waals surface area (Å²) in [4.78, 5) is 0. The monoisotopic (exact) mass is 388 g/mol. The van der Waals surface area contributed by atoms with Crippen LogP contribution in [0.15, 0.2) is 0 Å². The van der Waals surface area contributed by atoms with Crippen LogP contribution in [0, 0.1) is 52.3 Å². The van der Waals surface area contributed by atoms with Crippen LogP contribution in [0.1, 0.15) is 112 Å². The fourth-order valence-corrected chi connectivity index (χ4v) is 9.35. The van der Waals surface area contributed by atoms with Crippen molar-refractivity contribution in [2.75, 3.05) is 0 Å². The lowest BCUT2D eigenvalue weighted by Crippen LogP contribution is -2.54. The van der Waals surface area contributed by atoms with Gasteiger partial charge in [0, 0.05) is 0 Å². The zero-order valence-electron chi connectivity index (χ0n) is 19.6. The molecule has 4 aliphatic rings. The first-order chi connectivity index (χ1) is 13.3. The van der Waals surface area contributed by atoms with Gasteiger partial charge in [-0.1, -0.05) is 53.9 Å². The van der Waals surface area contributed by atoms with Crippen LogP contribution in [-0.2, 0) is 0 Å². The lowest BCUT2D eigenvalue weighted by Gasteiger charge is -2.61. The standard InChI is InChI=1S/C27H48O/c1-18(2)7-6-8-19(3)23-13-14-24-22-12-10-20-9-11-21(28)17-27(20,5)25(22)15-16-26(23,24)4/h18-25,28H,6-17H2,1-5H3. The minimum Gasteiger partial charge on any atom is -0.393 e. The van der Waals surface area contributed by atoms with Crippen molar-refractivity contribution in [3.8, 4) is 0 Å². The van der Waals surface area contributed by atoms with Crippen molar-refractivity contribution in [1.82, 2.24) is 0 Å². The summed E-state index contributed by atoms with van der Waals surface area (Å²) >= 11 is 0. The van der Waals surface area contributed by atoms with Crippen molar-refractivity contribution in [3.05, 3.63) is 0 Å². The third-order valence-electron chi connectivity index (χ3n) is 10.8. The van der Waals surface area contributed by atoms with Crippen molar-refractivity contribution >= 4 is 0 Å². The molecule has 4 fully saturated rings. The Kier molecular flexibility index (Phi) is 5.98. The van der Waals surface area contributed by atoms with Crippen LogP contribution in [0.25, 0.3) is 0 Å². The molecule has 0 saturated heterocycles. The first kappa shape index (κ1) is 21.2. The van der Waals surface area contributed by atoms with E-state index in [9.17, 15) is 5.11 Å². The van der Waals surface area contributed by atoms with Gasteiger partial charge in [0.25, 0.3) is 0 Å². The van der Waals surface area contributed by atoms with Gasteiger partial charge in [0.1, 0.15) is 0 Å². The molecule has 0 spiro atoms. The van der Waals surface area contributed by atoms with Gasteiger partial charge in [-0.15, -0.1) is 0 Å². The molecule has 1 heteroatoms. The fraction of sp³-hybridized carbons (Fsp3) is 1.00. The van der Waals surface area contributed by atoms with E-state index in [0.29, 0.717) is 10.8 Å². The Morgan fingerprint density at radius 3 is 2.29 bits per heavy atom. The van der Waals surface area contributed by atoms with Crippen molar-refractivity contribution in [3.63, 3.8) is 0 Å². The Labute approximate surface area is 175 Å². The fourth-order valence-electron chi connectivity index (χ4n) is 9.35. The summed E-state index contributed by atoms with van der Waals surface area (Å²) in [5.41, 5.74) is 1.04. The molecular formula is C27H48O. The Hall–Kier alpha value is -0.0400. The van der Waals surface area contributed by atoms with Crippen LogP contribution in [0.4, 0.5) is 0 Å². The van der Waals surface area contributed by atoms with Gasteiger partial charge in [-0.3, -0.25) is 0 Å². The average molecular weight is 389 g/mol. The number of hydrogen-bond donors (Lipinski definition) is 1. The van der Waals surface area contributed by atoms with Crippen molar-refractivity contribution in [1.29, 1.82) is 0 Å². The third-order valence-corrected chi connectivity index (χ3v) is 10.8. The predicted molar refractivity (Wildman–Crippen MR) is 119 cm³/mol. The first-order valence-electron chi connectivity index (χ1n) is 12.9. The molecule has 0 aliphatic heterocycles. The van der Waals surface area contributed by atoms with Gasteiger partial charge in [-0.2, -0.15) is 0 Å². The molecule has 0 aromatic rings. The van der Waals surface area contributed by atoms with Crippen molar-refractivity contribution in [2.24, 2.45) is 52.3 Å². The quantitative estimate of drug-likeness (QED) is 0.518. The molecule has 28 heavy (non-hydrogen) atoms. The molecule has 9 atom stereocenters. The number of aliphatic hydroxyl groups excluding tert-OH is 1. The van der Waals surface area contributed by atoms with E-state index in [1.54, 1.807) is 0 Å². The minimum absolute atomic E-state index is 0.0226. The van der Waals surface area contributed by atoms with E-state index in [4.69, 9.17) is 0 Å². The summed E-state index contributed by atoms with van der Waals surface area (Å²) in [7, 11) is 0. The molecule has 1 nitrogen and oxygen atoms in total. The van der Waals surface area contributed by atoms with E-state index < -0.39 is 0 Å². The zero-order valence-corrected chi connectivity index (χ0v) is 19.6. The molecule has 1 N–H and O–H groups in total. The van der Waals surface area contributed by atoms with Crippen LogP contribution >= 0.6 is 0 Å². The molecule has 0 heterocycles. The zero-order chi connectivity index (χ0) is 20.1. The molecule has 4 saturated carbocycles. The van der Waals surface area contributed by atoms with Gasteiger partial charge in [0.15, 0.2) is 0 Å². The van der Waals surface area contributed by atoms with Gasteiger partial charge >= 0.3 is 0 Å². The van der Waals surface area contributed by atoms with Crippen molar-refractivity contribution < 1.29 is 5.11 Å². The number of hydrogen-bond acceptors (Lipinski definition) is 1. The maximum Gasteiger partial charge on any atom is 0.0545 e. The molecule has 0 aromatic carbocycles. The first-order valence-corrected chi connectivity index (χ1v) is 12.9. The van der Waals surface area contributed by atoms with E-state index in [2.05, 4.69) is 34.6 Å². The number of fused-ring (bicyclic) bond motifs is 5. The molecular weight excluding hydrogens is 340 g/mol. The Balaban J connectivity index is 1.47. The minimum atomic E-state index is -0.0226. The van der Waals surface area contributed by atoms with Gasteiger partial charge in [0.05, 0.1) is 6.10 Å². The van der Waals surface area contributed by atoms with Crippen LogP contribution in [0.5, 0.6) is 0 Å². The second-order valence-electron chi connectivity index (χ2n) is 12.6. The van der Waals surface area contributed by atoms with Crippen LogP contribution in [-0.4, -0.2) is 11.2 Å². The highest BCUT2D eigenvalue weighted by Crippen LogP contribution is 2.68. The molecule has 0 amide bonds. The summed E-state index contributed by atoms with van der Waals surface area (Å²) in [5, 5.41) is 10.5. The summed E-state index contributed by atoms with van der Waals surface area (Å²) in [5.74, 6) is 6.46. The van der Waals surface area contributed by atoms with E-state index in [-0.39, 0.29) is 6.10 Å². The Morgan fingerprint density at radius 2 is 1.54 bits per heavy atom. The SMILES string of the molecule is CC(C)CCCC(C)C1CCC2C3CCC4CCC(O)CC4(C)C3CCC12C. The average Bonchev–Trinajstić information content (AvgIpc) is 2.98. The van der Waals surface area contributed by atoms with Crippen LogP contribution in [0.3, 0.4) is 0 Å². The second-order valence-corrected chi connectivity index (χ2v) is 12.6. The largest absolute Gasteiger partial charge is 0.393 e. The second kappa shape index (κ2) is 7.90.